The Morgan fingerprint density at radius 1 is 1.42 bits per heavy atom. The summed E-state index contributed by atoms with van der Waals surface area (Å²) < 4.78 is 11.2. The smallest absolute Gasteiger partial charge is 0.226 e. The van der Waals surface area contributed by atoms with Crippen molar-refractivity contribution >= 4 is 0 Å². The molecule has 0 aromatic carbocycles. The highest BCUT2D eigenvalue weighted by Crippen LogP contribution is 2.32. The lowest BCUT2D eigenvalue weighted by atomic mass is 9.95. The zero-order valence-corrected chi connectivity index (χ0v) is 12.2. The summed E-state index contributed by atoms with van der Waals surface area (Å²) in [5, 5.41) is 7.48. The SMILES string of the molecule is CCNC(C)CCc1nc(C2(C)CCCCO2)no1. The first-order chi connectivity index (χ1) is 9.14. The van der Waals surface area contributed by atoms with Gasteiger partial charge in [0.25, 0.3) is 0 Å². The quantitative estimate of drug-likeness (QED) is 0.857. The molecule has 1 saturated heterocycles. The summed E-state index contributed by atoms with van der Waals surface area (Å²) in [6, 6.07) is 0.474. The molecule has 1 fully saturated rings. The molecule has 2 atom stereocenters. The molecule has 5 heteroatoms. The molecule has 2 unspecified atom stereocenters. The molecule has 0 radical (unpaired) electrons. The van der Waals surface area contributed by atoms with Crippen molar-refractivity contribution in [2.75, 3.05) is 13.2 Å². The highest BCUT2D eigenvalue weighted by atomic mass is 16.5. The van der Waals surface area contributed by atoms with Gasteiger partial charge >= 0.3 is 0 Å². The fourth-order valence-corrected chi connectivity index (χ4v) is 2.47. The van der Waals surface area contributed by atoms with Crippen LogP contribution in [0.25, 0.3) is 0 Å². The zero-order chi connectivity index (χ0) is 13.7. The summed E-state index contributed by atoms with van der Waals surface area (Å²) in [5.41, 5.74) is -0.354. The lowest BCUT2D eigenvalue weighted by Crippen LogP contribution is -2.31. The van der Waals surface area contributed by atoms with Crippen molar-refractivity contribution < 1.29 is 9.26 Å². The second-order valence-corrected chi connectivity index (χ2v) is 5.55. The van der Waals surface area contributed by atoms with Crippen molar-refractivity contribution in [1.82, 2.24) is 15.5 Å². The van der Waals surface area contributed by atoms with Gasteiger partial charge in [-0.05, 0) is 46.1 Å². The normalized spacial score (nSPS) is 25.4. The minimum Gasteiger partial charge on any atom is -0.367 e. The van der Waals surface area contributed by atoms with Crippen LogP contribution in [0.2, 0.25) is 0 Å². The van der Waals surface area contributed by atoms with E-state index in [9.17, 15) is 0 Å². The maximum absolute atomic E-state index is 5.83. The Morgan fingerprint density at radius 3 is 2.95 bits per heavy atom. The highest BCUT2D eigenvalue weighted by Gasteiger charge is 2.34. The molecule has 1 aromatic rings. The van der Waals surface area contributed by atoms with Crippen LogP contribution in [0.4, 0.5) is 0 Å². The van der Waals surface area contributed by atoms with Gasteiger partial charge in [0.15, 0.2) is 0 Å². The molecule has 2 heterocycles. The Hall–Kier alpha value is -0.940. The van der Waals surface area contributed by atoms with E-state index in [0.29, 0.717) is 11.9 Å². The van der Waals surface area contributed by atoms with Gasteiger partial charge in [-0.25, -0.2) is 0 Å². The van der Waals surface area contributed by atoms with E-state index in [0.717, 1.165) is 51.1 Å². The Labute approximate surface area is 115 Å². The minimum atomic E-state index is -0.354. The molecule has 0 bridgehead atoms. The molecule has 1 aliphatic heterocycles. The predicted octanol–water partition coefficient (Wildman–Crippen LogP) is 2.42. The van der Waals surface area contributed by atoms with Crippen LogP contribution in [0.15, 0.2) is 4.52 Å². The van der Waals surface area contributed by atoms with Crippen LogP contribution < -0.4 is 5.32 Å². The van der Waals surface area contributed by atoms with E-state index in [2.05, 4.69) is 36.2 Å². The lowest BCUT2D eigenvalue weighted by molar-refractivity contribution is -0.0770. The maximum Gasteiger partial charge on any atom is 0.226 e. The summed E-state index contributed by atoms with van der Waals surface area (Å²) in [4.78, 5) is 4.51. The summed E-state index contributed by atoms with van der Waals surface area (Å²) in [6.45, 7) is 8.12. The van der Waals surface area contributed by atoms with Crippen LogP contribution in [0.5, 0.6) is 0 Å². The molecule has 19 heavy (non-hydrogen) atoms. The predicted molar refractivity (Wildman–Crippen MR) is 72.9 cm³/mol. The molecule has 2 rings (SSSR count). The van der Waals surface area contributed by atoms with Gasteiger partial charge in [0.1, 0.15) is 5.60 Å². The molecule has 108 valence electrons. The Morgan fingerprint density at radius 2 is 2.26 bits per heavy atom. The topological polar surface area (TPSA) is 60.2 Å². The van der Waals surface area contributed by atoms with E-state index in [1.54, 1.807) is 0 Å². The fraction of sp³-hybridized carbons (Fsp3) is 0.857. The number of nitrogens with zero attached hydrogens (tertiary/aromatic N) is 2. The van der Waals surface area contributed by atoms with E-state index >= 15 is 0 Å². The van der Waals surface area contributed by atoms with Crippen LogP contribution in [0, 0.1) is 0 Å². The molecule has 0 saturated carbocycles. The summed E-state index contributed by atoms with van der Waals surface area (Å²) in [5.74, 6) is 1.42. The molecular weight excluding hydrogens is 242 g/mol. The van der Waals surface area contributed by atoms with Gasteiger partial charge in [0, 0.05) is 19.1 Å². The van der Waals surface area contributed by atoms with E-state index in [-0.39, 0.29) is 5.60 Å². The number of aromatic nitrogens is 2. The van der Waals surface area contributed by atoms with Crippen molar-refractivity contribution in [2.45, 2.75) is 64.5 Å². The van der Waals surface area contributed by atoms with Crippen molar-refractivity contribution in [3.63, 3.8) is 0 Å². The van der Waals surface area contributed by atoms with Crippen molar-refractivity contribution in [3.8, 4) is 0 Å². The number of rotatable bonds is 6. The standard InChI is InChI=1S/C14H25N3O2/c1-4-15-11(2)7-8-12-16-13(17-19-12)14(3)9-5-6-10-18-14/h11,15H,4-10H2,1-3H3. The van der Waals surface area contributed by atoms with Crippen LogP contribution in [0.3, 0.4) is 0 Å². The first kappa shape index (κ1) is 14.5. The molecule has 0 aliphatic carbocycles. The second-order valence-electron chi connectivity index (χ2n) is 5.55. The van der Waals surface area contributed by atoms with Gasteiger partial charge in [-0.15, -0.1) is 0 Å². The fourth-order valence-electron chi connectivity index (χ4n) is 2.47. The number of hydrogen-bond donors (Lipinski definition) is 1. The van der Waals surface area contributed by atoms with Gasteiger partial charge < -0.3 is 14.6 Å². The van der Waals surface area contributed by atoms with Crippen LogP contribution in [0.1, 0.15) is 58.2 Å². The first-order valence-corrected chi connectivity index (χ1v) is 7.34. The number of hydrogen-bond acceptors (Lipinski definition) is 5. The highest BCUT2D eigenvalue weighted by molar-refractivity contribution is 5.00. The average molecular weight is 267 g/mol. The molecule has 0 spiro atoms. The molecule has 0 amide bonds. The molecular formula is C14H25N3O2. The third kappa shape index (κ3) is 3.76. The number of aryl methyl sites for hydroxylation is 1. The van der Waals surface area contributed by atoms with E-state index in [1.165, 1.54) is 0 Å². The Kier molecular flexibility index (Phi) is 4.93. The second kappa shape index (κ2) is 6.48. The van der Waals surface area contributed by atoms with Crippen LogP contribution in [-0.4, -0.2) is 29.3 Å². The molecule has 1 aliphatic rings. The number of ether oxygens (including phenoxy) is 1. The van der Waals surface area contributed by atoms with Crippen molar-refractivity contribution in [1.29, 1.82) is 0 Å². The Balaban J connectivity index is 1.91. The van der Waals surface area contributed by atoms with Gasteiger partial charge in [0.05, 0.1) is 0 Å². The van der Waals surface area contributed by atoms with Crippen molar-refractivity contribution in [2.24, 2.45) is 0 Å². The van der Waals surface area contributed by atoms with E-state index < -0.39 is 0 Å². The third-order valence-corrected chi connectivity index (χ3v) is 3.75. The largest absolute Gasteiger partial charge is 0.367 e. The molecule has 5 nitrogen and oxygen atoms in total. The van der Waals surface area contributed by atoms with E-state index in [1.807, 2.05) is 0 Å². The third-order valence-electron chi connectivity index (χ3n) is 3.75. The molecule has 1 aromatic heterocycles. The minimum absolute atomic E-state index is 0.354. The Bertz CT molecular complexity index is 386. The lowest BCUT2D eigenvalue weighted by Gasteiger charge is -2.30. The van der Waals surface area contributed by atoms with Crippen molar-refractivity contribution in [3.05, 3.63) is 11.7 Å². The van der Waals surface area contributed by atoms with Gasteiger partial charge in [-0.1, -0.05) is 12.1 Å². The maximum atomic E-state index is 5.83. The van der Waals surface area contributed by atoms with Gasteiger partial charge in [0.2, 0.25) is 11.7 Å². The number of nitrogens with one attached hydrogen (secondary N) is 1. The molecule has 1 N–H and O–H groups in total. The summed E-state index contributed by atoms with van der Waals surface area (Å²) in [6.07, 6.45) is 5.09. The summed E-state index contributed by atoms with van der Waals surface area (Å²) in [7, 11) is 0. The van der Waals surface area contributed by atoms with E-state index in [4.69, 9.17) is 9.26 Å². The van der Waals surface area contributed by atoms with Gasteiger partial charge in [-0.2, -0.15) is 4.98 Å². The zero-order valence-electron chi connectivity index (χ0n) is 12.2. The summed E-state index contributed by atoms with van der Waals surface area (Å²) >= 11 is 0. The monoisotopic (exact) mass is 267 g/mol. The van der Waals surface area contributed by atoms with Crippen LogP contribution in [-0.2, 0) is 16.8 Å². The van der Waals surface area contributed by atoms with Crippen LogP contribution >= 0.6 is 0 Å². The van der Waals surface area contributed by atoms with Gasteiger partial charge in [-0.3, -0.25) is 0 Å². The first-order valence-electron chi connectivity index (χ1n) is 7.34. The average Bonchev–Trinajstić information content (AvgIpc) is 2.87.